The Morgan fingerprint density at radius 3 is 2.62 bits per heavy atom. The summed E-state index contributed by atoms with van der Waals surface area (Å²) in [6, 6.07) is 9.06. The van der Waals surface area contributed by atoms with Gasteiger partial charge in [-0.1, -0.05) is 12.1 Å². The topological polar surface area (TPSA) is 91.5 Å². The summed E-state index contributed by atoms with van der Waals surface area (Å²) in [6.45, 7) is 3.70. The first-order chi connectivity index (χ1) is 11.4. The average molecular weight is 320 g/mol. The maximum Gasteiger partial charge on any atom is 0.205 e. The van der Waals surface area contributed by atoms with Crippen LogP contribution in [0.1, 0.15) is 32.1 Å². The molecular formula is C18H16N4O2. The van der Waals surface area contributed by atoms with Crippen molar-refractivity contribution in [1.29, 1.82) is 5.26 Å². The van der Waals surface area contributed by atoms with Crippen LogP contribution in [0.15, 0.2) is 30.5 Å². The van der Waals surface area contributed by atoms with Crippen LogP contribution < -0.4 is 0 Å². The summed E-state index contributed by atoms with van der Waals surface area (Å²) in [7, 11) is 1.62. The molecule has 0 aliphatic heterocycles. The van der Waals surface area contributed by atoms with E-state index in [4.69, 9.17) is 0 Å². The van der Waals surface area contributed by atoms with E-state index >= 15 is 0 Å². The van der Waals surface area contributed by atoms with Crippen molar-refractivity contribution in [2.75, 3.05) is 0 Å². The molecule has 0 saturated heterocycles. The van der Waals surface area contributed by atoms with Crippen LogP contribution in [-0.2, 0) is 7.05 Å². The van der Waals surface area contributed by atoms with Gasteiger partial charge < -0.3 is 4.98 Å². The van der Waals surface area contributed by atoms with Crippen LogP contribution in [0.2, 0.25) is 0 Å². The summed E-state index contributed by atoms with van der Waals surface area (Å²) in [5.41, 5.74) is 3.12. The fourth-order valence-electron chi connectivity index (χ4n) is 2.82. The van der Waals surface area contributed by atoms with Crippen LogP contribution in [-0.4, -0.2) is 26.3 Å². The number of nitrogens with one attached hydrogen (secondary N) is 1. The lowest BCUT2D eigenvalue weighted by Crippen LogP contribution is -2.24. The lowest BCUT2D eigenvalue weighted by Gasteiger charge is -2.07. The normalized spacial score (nSPS) is 12.1. The van der Waals surface area contributed by atoms with E-state index in [9.17, 15) is 14.9 Å². The third-order valence-electron chi connectivity index (χ3n) is 4.01. The van der Waals surface area contributed by atoms with E-state index in [1.54, 1.807) is 26.2 Å². The molecule has 0 spiro atoms. The van der Waals surface area contributed by atoms with Gasteiger partial charge in [-0.3, -0.25) is 14.3 Å². The third kappa shape index (κ3) is 2.50. The molecule has 1 aromatic carbocycles. The first-order valence-electron chi connectivity index (χ1n) is 7.49. The van der Waals surface area contributed by atoms with Crippen LogP contribution in [0.25, 0.3) is 10.9 Å². The molecule has 0 bridgehead atoms. The number of carbonyl (C=O) groups excluding carboxylic acids is 2. The molecule has 24 heavy (non-hydrogen) atoms. The highest BCUT2D eigenvalue weighted by atomic mass is 16.2. The zero-order valence-corrected chi connectivity index (χ0v) is 13.6. The van der Waals surface area contributed by atoms with Gasteiger partial charge in [0.15, 0.2) is 11.7 Å². The largest absolute Gasteiger partial charge is 0.360 e. The highest BCUT2D eigenvalue weighted by molar-refractivity contribution is 6.21. The number of nitriles is 1. The van der Waals surface area contributed by atoms with Crippen molar-refractivity contribution in [1.82, 2.24) is 14.8 Å². The number of nitrogens with zero attached hydrogens (tertiary/aromatic N) is 3. The molecular weight excluding hydrogens is 304 g/mol. The van der Waals surface area contributed by atoms with Gasteiger partial charge in [0.1, 0.15) is 5.69 Å². The van der Waals surface area contributed by atoms with Gasteiger partial charge in [-0.15, -0.1) is 0 Å². The van der Waals surface area contributed by atoms with Crippen LogP contribution in [0.4, 0.5) is 0 Å². The van der Waals surface area contributed by atoms with Crippen molar-refractivity contribution >= 4 is 22.5 Å². The van der Waals surface area contributed by atoms with Gasteiger partial charge in [-0.2, -0.15) is 10.4 Å². The van der Waals surface area contributed by atoms with E-state index in [1.807, 2.05) is 31.2 Å². The summed E-state index contributed by atoms with van der Waals surface area (Å²) in [4.78, 5) is 28.4. The second kappa shape index (κ2) is 5.78. The zero-order valence-electron chi connectivity index (χ0n) is 13.6. The number of aryl methyl sites for hydroxylation is 3. The monoisotopic (exact) mass is 320 g/mol. The second-order valence-electron chi connectivity index (χ2n) is 5.84. The first kappa shape index (κ1) is 15.7. The van der Waals surface area contributed by atoms with E-state index < -0.39 is 17.5 Å². The number of Topliss-reactive ketones (excluding diaryl/α,β-unsaturated/α-hetero) is 2. The van der Waals surface area contributed by atoms with Crippen molar-refractivity contribution < 1.29 is 9.59 Å². The number of rotatable bonds is 4. The molecule has 0 saturated carbocycles. The molecule has 1 atom stereocenters. The molecule has 3 aromatic rings. The molecule has 0 amide bonds. The summed E-state index contributed by atoms with van der Waals surface area (Å²) < 4.78 is 1.40. The third-order valence-corrected chi connectivity index (χ3v) is 4.01. The smallest absolute Gasteiger partial charge is 0.205 e. The molecule has 0 fully saturated rings. The number of ketones is 2. The van der Waals surface area contributed by atoms with Crippen molar-refractivity contribution in [2.24, 2.45) is 13.0 Å². The Kier molecular flexibility index (Phi) is 3.78. The second-order valence-corrected chi connectivity index (χ2v) is 5.84. The maximum atomic E-state index is 12.8. The van der Waals surface area contributed by atoms with Crippen molar-refractivity contribution in [3.63, 3.8) is 0 Å². The van der Waals surface area contributed by atoms with Gasteiger partial charge in [-0.05, 0) is 31.5 Å². The van der Waals surface area contributed by atoms with Crippen LogP contribution >= 0.6 is 0 Å². The minimum Gasteiger partial charge on any atom is -0.360 e. The van der Waals surface area contributed by atoms with Gasteiger partial charge in [-0.25, -0.2) is 0 Å². The molecule has 1 N–H and O–H groups in total. The van der Waals surface area contributed by atoms with Crippen molar-refractivity contribution in [3.05, 3.63) is 53.0 Å². The number of aromatic amines is 1. The highest BCUT2D eigenvalue weighted by Crippen LogP contribution is 2.23. The fraction of sp³-hybridized carbons (Fsp3) is 0.222. The minimum atomic E-state index is -1.39. The number of fused-ring (bicyclic) bond motifs is 1. The summed E-state index contributed by atoms with van der Waals surface area (Å²) in [5.74, 6) is -2.43. The molecule has 2 aromatic heterocycles. The van der Waals surface area contributed by atoms with Crippen molar-refractivity contribution in [3.8, 4) is 6.07 Å². The van der Waals surface area contributed by atoms with Crippen LogP contribution in [0, 0.1) is 31.1 Å². The highest BCUT2D eigenvalue weighted by Gasteiger charge is 2.31. The first-order valence-corrected chi connectivity index (χ1v) is 7.49. The zero-order chi connectivity index (χ0) is 17.4. The molecule has 2 heterocycles. The molecule has 0 aliphatic carbocycles. The predicted molar refractivity (Wildman–Crippen MR) is 88.7 cm³/mol. The number of hydrogen-bond acceptors (Lipinski definition) is 4. The average Bonchev–Trinajstić information content (AvgIpc) is 3.10. The molecule has 120 valence electrons. The molecule has 6 nitrogen and oxygen atoms in total. The predicted octanol–water partition coefficient (Wildman–Crippen LogP) is 2.72. The molecule has 0 aliphatic rings. The van der Waals surface area contributed by atoms with Crippen molar-refractivity contribution in [2.45, 2.75) is 13.8 Å². The molecule has 3 rings (SSSR count). The van der Waals surface area contributed by atoms with E-state index in [2.05, 4.69) is 10.1 Å². The van der Waals surface area contributed by atoms with E-state index in [-0.39, 0.29) is 5.69 Å². The van der Waals surface area contributed by atoms with E-state index in [0.29, 0.717) is 16.6 Å². The summed E-state index contributed by atoms with van der Waals surface area (Å²) in [5, 5.41) is 14.2. The van der Waals surface area contributed by atoms with Crippen LogP contribution in [0.3, 0.4) is 0 Å². The fourth-order valence-corrected chi connectivity index (χ4v) is 2.82. The Balaban J connectivity index is 2.01. The van der Waals surface area contributed by atoms with Gasteiger partial charge in [0, 0.05) is 29.7 Å². The Bertz CT molecular complexity index is 1000. The van der Waals surface area contributed by atoms with Crippen LogP contribution in [0.5, 0.6) is 0 Å². The van der Waals surface area contributed by atoms with Gasteiger partial charge in [0.2, 0.25) is 5.78 Å². The standard InChI is InChI=1S/C18H16N4O2/c1-10-4-5-12-14(9-20-15(12)6-10)17(23)13(8-19)18(24)16-7-11(2)21-22(16)3/h4-7,9,13,20H,1-3H3/t13-/m1/s1. The molecule has 6 heteroatoms. The molecule has 0 radical (unpaired) electrons. The summed E-state index contributed by atoms with van der Waals surface area (Å²) in [6.07, 6.45) is 1.55. The van der Waals surface area contributed by atoms with E-state index in [1.165, 1.54) is 4.68 Å². The van der Waals surface area contributed by atoms with Gasteiger partial charge in [0.25, 0.3) is 0 Å². The maximum absolute atomic E-state index is 12.8. The number of carbonyl (C=O) groups is 2. The Morgan fingerprint density at radius 2 is 2.00 bits per heavy atom. The SMILES string of the molecule is Cc1ccc2c(C(=O)[C@@H](C#N)C(=O)c3cc(C)nn3C)c[nH]c2c1. The summed E-state index contributed by atoms with van der Waals surface area (Å²) >= 11 is 0. The Labute approximate surface area is 138 Å². The minimum absolute atomic E-state index is 0.253. The Hall–Kier alpha value is -3.20. The number of H-pyrrole nitrogens is 1. The number of benzene rings is 1. The van der Waals surface area contributed by atoms with Gasteiger partial charge >= 0.3 is 0 Å². The number of hydrogen-bond donors (Lipinski definition) is 1. The Morgan fingerprint density at radius 1 is 1.25 bits per heavy atom. The lowest BCUT2D eigenvalue weighted by atomic mass is 9.93. The van der Waals surface area contributed by atoms with E-state index in [0.717, 1.165) is 11.1 Å². The quantitative estimate of drug-likeness (QED) is 0.591. The molecule has 0 unspecified atom stereocenters. The lowest BCUT2D eigenvalue weighted by molar-refractivity contribution is 0.0841. The number of aromatic nitrogens is 3. The van der Waals surface area contributed by atoms with Gasteiger partial charge in [0.05, 0.1) is 11.8 Å².